The van der Waals surface area contributed by atoms with Crippen LogP contribution in [0.3, 0.4) is 0 Å². The van der Waals surface area contributed by atoms with E-state index in [0.29, 0.717) is 17.8 Å². The maximum Gasteiger partial charge on any atom is 0.391 e. The number of alkyl halides is 3. The largest absolute Gasteiger partial charge is 0.391 e. The molecule has 1 aromatic heterocycles. The SMILES string of the molecule is Cl.NCc1nc(C(=O)NC2CCC(C(F)(F)F)CC2)cs1. The topological polar surface area (TPSA) is 68.0 Å². The third-order valence-electron chi connectivity index (χ3n) is 3.48. The van der Waals surface area contributed by atoms with E-state index in [9.17, 15) is 18.0 Å². The Bertz CT molecular complexity index is 473. The van der Waals surface area contributed by atoms with E-state index in [1.807, 2.05) is 0 Å². The van der Waals surface area contributed by atoms with Crippen LogP contribution in [0.5, 0.6) is 0 Å². The summed E-state index contributed by atoms with van der Waals surface area (Å²) in [6.45, 7) is 0.272. The molecule has 120 valence electrons. The van der Waals surface area contributed by atoms with Crippen molar-refractivity contribution in [3.05, 3.63) is 16.1 Å². The quantitative estimate of drug-likeness (QED) is 0.886. The number of nitrogens with one attached hydrogen (secondary N) is 1. The predicted molar refractivity (Wildman–Crippen MR) is 76.5 cm³/mol. The number of nitrogens with two attached hydrogens (primary N) is 1. The first-order valence-electron chi connectivity index (χ1n) is 6.42. The van der Waals surface area contributed by atoms with E-state index in [4.69, 9.17) is 5.73 Å². The Balaban J connectivity index is 0.00000220. The van der Waals surface area contributed by atoms with Crippen molar-refractivity contribution >= 4 is 29.7 Å². The summed E-state index contributed by atoms with van der Waals surface area (Å²) in [6, 6.07) is -0.205. The summed E-state index contributed by atoms with van der Waals surface area (Å²) in [4.78, 5) is 15.9. The van der Waals surface area contributed by atoms with E-state index in [-0.39, 0.29) is 49.4 Å². The fraction of sp³-hybridized carbons (Fsp3) is 0.667. The summed E-state index contributed by atoms with van der Waals surface area (Å²) in [5.41, 5.74) is 5.70. The van der Waals surface area contributed by atoms with E-state index in [1.54, 1.807) is 5.38 Å². The number of thiazole rings is 1. The number of aromatic nitrogens is 1. The molecule has 3 N–H and O–H groups in total. The van der Waals surface area contributed by atoms with E-state index < -0.39 is 12.1 Å². The highest BCUT2D eigenvalue weighted by molar-refractivity contribution is 7.09. The van der Waals surface area contributed by atoms with Gasteiger partial charge in [0.15, 0.2) is 0 Å². The zero-order valence-corrected chi connectivity index (χ0v) is 12.8. The van der Waals surface area contributed by atoms with Crippen LogP contribution >= 0.6 is 23.7 Å². The highest BCUT2D eigenvalue weighted by Gasteiger charge is 2.41. The molecule has 0 aliphatic heterocycles. The monoisotopic (exact) mass is 343 g/mol. The molecule has 2 rings (SSSR count). The lowest BCUT2D eigenvalue weighted by Gasteiger charge is -2.30. The molecule has 4 nitrogen and oxygen atoms in total. The molecule has 0 atom stereocenters. The minimum atomic E-state index is -4.13. The van der Waals surface area contributed by atoms with Crippen molar-refractivity contribution in [1.29, 1.82) is 0 Å². The molecule has 0 radical (unpaired) electrons. The van der Waals surface area contributed by atoms with Crippen molar-refractivity contribution in [3.63, 3.8) is 0 Å². The van der Waals surface area contributed by atoms with Crippen LogP contribution in [0.15, 0.2) is 5.38 Å². The summed E-state index contributed by atoms with van der Waals surface area (Å²) in [5, 5.41) is 5.01. The summed E-state index contributed by atoms with van der Waals surface area (Å²) >= 11 is 1.30. The second kappa shape index (κ2) is 7.42. The Morgan fingerprint density at radius 2 is 2.00 bits per heavy atom. The van der Waals surface area contributed by atoms with E-state index in [2.05, 4.69) is 10.3 Å². The highest BCUT2D eigenvalue weighted by Crippen LogP contribution is 2.37. The summed E-state index contributed by atoms with van der Waals surface area (Å²) in [5.74, 6) is -1.57. The van der Waals surface area contributed by atoms with Crippen LogP contribution in [0.1, 0.15) is 41.2 Å². The van der Waals surface area contributed by atoms with Crippen LogP contribution in [0, 0.1) is 5.92 Å². The van der Waals surface area contributed by atoms with Crippen molar-refractivity contribution in [1.82, 2.24) is 10.3 Å². The minimum absolute atomic E-state index is 0. The number of hydrogen-bond donors (Lipinski definition) is 2. The second-order valence-corrected chi connectivity index (χ2v) is 5.84. The molecule has 0 spiro atoms. The van der Waals surface area contributed by atoms with Gasteiger partial charge in [-0.25, -0.2) is 4.98 Å². The van der Waals surface area contributed by atoms with Crippen molar-refractivity contribution in [2.75, 3.05) is 0 Å². The van der Waals surface area contributed by atoms with Gasteiger partial charge in [-0.1, -0.05) is 0 Å². The highest BCUT2D eigenvalue weighted by atomic mass is 35.5. The van der Waals surface area contributed by atoms with Gasteiger partial charge < -0.3 is 11.1 Å². The van der Waals surface area contributed by atoms with Gasteiger partial charge in [-0.2, -0.15) is 13.2 Å². The molecule has 0 unspecified atom stereocenters. The average Bonchev–Trinajstić information content (AvgIpc) is 2.87. The summed E-state index contributed by atoms with van der Waals surface area (Å²) < 4.78 is 37.6. The molecule has 1 aromatic rings. The maximum atomic E-state index is 12.5. The van der Waals surface area contributed by atoms with E-state index in [0.717, 1.165) is 0 Å². The third kappa shape index (κ3) is 4.82. The van der Waals surface area contributed by atoms with Gasteiger partial charge in [0.05, 0.1) is 5.92 Å². The number of hydrogen-bond acceptors (Lipinski definition) is 4. The normalized spacial score (nSPS) is 22.5. The van der Waals surface area contributed by atoms with Crippen molar-refractivity contribution in [3.8, 4) is 0 Å². The molecule has 0 saturated heterocycles. The molecule has 1 aliphatic rings. The van der Waals surface area contributed by atoms with Gasteiger partial charge in [0.25, 0.3) is 5.91 Å². The molecule has 9 heteroatoms. The second-order valence-electron chi connectivity index (χ2n) is 4.89. The van der Waals surface area contributed by atoms with Crippen LogP contribution in [0.2, 0.25) is 0 Å². The summed E-state index contributed by atoms with van der Waals surface area (Å²) in [6.07, 6.45) is -3.29. The Labute approximate surface area is 130 Å². The Kier molecular flexibility index (Phi) is 6.42. The molecule has 21 heavy (non-hydrogen) atoms. The molecule has 1 heterocycles. The summed E-state index contributed by atoms with van der Waals surface area (Å²) in [7, 11) is 0. The Hall–Kier alpha value is -0.860. The molecule has 1 aliphatic carbocycles. The molecule has 1 saturated carbocycles. The average molecular weight is 344 g/mol. The lowest BCUT2D eigenvalue weighted by Crippen LogP contribution is -2.40. The van der Waals surface area contributed by atoms with Gasteiger partial charge in [0.2, 0.25) is 0 Å². The van der Waals surface area contributed by atoms with E-state index >= 15 is 0 Å². The zero-order valence-electron chi connectivity index (χ0n) is 11.2. The number of halogens is 4. The lowest BCUT2D eigenvalue weighted by atomic mass is 9.85. The lowest BCUT2D eigenvalue weighted by molar-refractivity contribution is -0.182. The Morgan fingerprint density at radius 1 is 1.38 bits per heavy atom. The van der Waals surface area contributed by atoms with Crippen LogP contribution in [0.4, 0.5) is 13.2 Å². The molecular weight excluding hydrogens is 327 g/mol. The number of carbonyl (C=O) groups excluding carboxylic acids is 1. The smallest absolute Gasteiger partial charge is 0.348 e. The molecule has 1 amide bonds. The first-order chi connectivity index (χ1) is 9.40. The van der Waals surface area contributed by atoms with Crippen molar-refractivity contribution in [2.45, 2.75) is 44.4 Å². The van der Waals surface area contributed by atoms with Gasteiger partial charge in [0, 0.05) is 18.0 Å². The van der Waals surface area contributed by atoms with Crippen molar-refractivity contribution in [2.24, 2.45) is 11.7 Å². The third-order valence-corrected chi connectivity index (χ3v) is 4.36. The minimum Gasteiger partial charge on any atom is -0.348 e. The number of carbonyl (C=O) groups is 1. The molecular formula is C12H17ClF3N3OS. The van der Waals surface area contributed by atoms with E-state index in [1.165, 1.54) is 11.3 Å². The van der Waals surface area contributed by atoms with Crippen molar-refractivity contribution < 1.29 is 18.0 Å². The number of amides is 1. The Morgan fingerprint density at radius 3 is 2.48 bits per heavy atom. The molecule has 1 fully saturated rings. The standard InChI is InChI=1S/C12H16F3N3OS.ClH/c13-12(14,15)7-1-3-8(4-2-7)17-11(19)9-6-20-10(5-16)18-9;/h6-8H,1-5,16H2,(H,17,19);1H. The predicted octanol–water partition coefficient (Wildman–Crippen LogP) is 2.87. The first kappa shape index (κ1) is 18.2. The zero-order chi connectivity index (χ0) is 14.8. The number of nitrogens with zero attached hydrogens (tertiary/aromatic N) is 1. The van der Waals surface area contributed by atoms with Gasteiger partial charge in [-0.15, -0.1) is 23.7 Å². The molecule has 0 bridgehead atoms. The maximum absolute atomic E-state index is 12.5. The first-order valence-corrected chi connectivity index (χ1v) is 7.30. The van der Waals surface area contributed by atoms with Gasteiger partial charge in [-0.3, -0.25) is 4.79 Å². The number of rotatable bonds is 3. The van der Waals surface area contributed by atoms with Crippen LogP contribution in [-0.4, -0.2) is 23.1 Å². The van der Waals surface area contributed by atoms with Gasteiger partial charge in [0.1, 0.15) is 10.7 Å². The van der Waals surface area contributed by atoms with Crippen LogP contribution in [-0.2, 0) is 6.54 Å². The van der Waals surface area contributed by atoms with Crippen LogP contribution in [0.25, 0.3) is 0 Å². The van der Waals surface area contributed by atoms with Crippen LogP contribution < -0.4 is 11.1 Å². The van der Waals surface area contributed by atoms with Gasteiger partial charge in [-0.05, 0) is 25.7 Å². The fourth-order valence-corrected chi connectivity index (χ4v) is 2.99. The molecule has 0 aromatic carbocycles. The fourth-order valence-electron chi connectivity index (χ4n) is 2.33. The van der Waals surface area contributed by atoms with Gasteiger partial charge >= 0.3 is 6.18 Å².